The fourth-order valence-electron chi connectivity index (χ4n) is 2.85. The van der Waals surface area contributed by atoms with Crippen LogP contribution in [-0.2, 0) is 16.6 Å². The van der Waals surface area contributed by atoms with Crippen molar-refractivity contribution in [1.82, 2.24) is 19.3 Å². The zero-order valence-corrected chi connectivity index (χ0v) is 18.5. The van der Waals surface area contributed by atoms with Gasteiger partial charge >= 0.3 is 0 Å². The predicted molar refractivity (Wildman–Crippen MR) is 108 cm³/mol. The number of rotatable bonds is 5. The highest BCUT2D eigenvalue weighted by Gasteiger charge is 2.30. The molecule has 0 aromatic carbocycles. The first-order chi connectivity index (χ1) is 12.9. The van der Waals surface area contributed by atoms with Crippen LogP contribution in [0.4, 0.5) is 0 Å². The Morgan fingerprint density at radius 1 is 1.26 bits per heavy atom. The highest BCUT2D eigenvalue weighted by Crippen LogP contribution is 2.28. The quantitative estimate of drug-likeness (QED) is 0.547. The van der Waals surface area contributed by atoms with Gasteiger partial charge in [-0.15, -0.1) is 22.7 Å². The Balaban J connectivity index is 1.37. The van der Waals surface area contributed by atoms with Crippen molar-refractivity contribution in [2.24, 2.45) is 0 Å². The Labute approximate surface area is 173 Å². The number of piperazine rings is 1. The molecule has 3 aromatic heterocycles. The van der Waals surface area contributed by atoms with Gasteiger partial charge in [-0.3, -0.25) is 4.90 Å². The first-order valence-electron chi connectivity index (χ1n) is 8.28. The minimum Gasteiger partial charge on any atom is -0.338 e. The number of halogens is 1. The number of nitrogens with zero attached hydrogens (tertiary/aromatic N) is 4. The summed E-state index contributed by atoms with van der Waals surface area (Å²) in [6.07, 6.45) is 0. The van der Waals surface area contributed by atoms with Crippen LogP contribution >= 0.6 is 38.6 Å². The molecule has 7 nitrogen and oxygen atoms in total. The molecule has 3 aromatic rings. The number of thiophene rings is 2. The van der Waals surface area contributed by atoms with Crippen LogP contribution in [0.1, 0.15) is 10.8 Å². The zero-order valence-electron chi connectivity index (χ0n) is 14.5. The van der Waals surface area contributed by atoms with Crippen molar-refractivity contribution in [3.05, 3.63) is 38.8 Å². The Hall–Kier alpha value is -1.11. The van der Waals surface area contributed by atoms with E-state index in [1.165, 1.54) is 11.3 Å². The molecule has 0 amide bonds. The second kappa shape index (κ2) is 7.72. The summed E-state index contributed by atoms with van der Waals surface area (Å²) in [6, 6.07) is 5.48. The summed E-state index contributed by atoms with van der Waals surface area (Å²) in [5.74, 6) is 1.12. The van der Waals surface area contributed by atoms with Crippen LogP contribution in [0.5, 0.6) is 0 Å². The Bertz CT molecular complexity index is 1030. The smallest absolute Gasteiger partial charge is 0.252 e. The molecular formula is C16H17BrN4O3S3. The van der Waals surface area contributed by atoms with Crippen LogP contribution in [0.15, 0.2) is 36.8 Å². The lowest BCUT2D eigenvalue weighted by Gasteiger charge is -2.32. The average Bonchev–Trinajstić information content (AvgIpc) is 3.37. The third-order valence-corrected chi connectivity index (χ3v) is 9.31. The monoisotopic (exact) mass is 488 g/mol. The summed E-state index contributed by atoms with van der Waals surface area (Å²) in [6.45, 7) is 4.61. The van der Waals surface area contributed by atoms with Crippen LogP contribution < -0.4 is 0 Å². The van der Waals surface area contributed by atoms with Gasteiger partial charge in [0.1, 0.15) is 4.21 Å². The second-order valence-corrected chi connectivity index (χ2v) is 11.5. The molecule has 4 heterocycles. The van der Waals surface area contributed by atoms with Gasteiger partial charge in [0.15, 0.2) is 0 Å². The van der Waals surface area contributed by atoms with Gasteiger partial charge in [-0.05, 0) is 41.1 Å². The standard InChI is InChI=1S/C16H17BrN4O3S3/c1-11-2-3-15(26-11)27(22,23)21-6-4-20(5-7-21)9-14-18-16(19-24-14)13-8-12(17)10-25-13/h2-3,8,10H,4-7,9H2,1H3. The molecule has 11 heteroatoms. The van der Waals surface area contributed by atoms with E-state index in [9.17, 15) is 8.42 Å². The van der Waals surface area contributed by atoms with E-state index in [-0.39, 0.29) is 0 Å². The number of aromatic nitrogens is 2. The molecule has 0 saturated carbocycles. The van der Waals surface area contributed by atoms with E-state index in [1.54, 1.807) is 21.7 Å². The normalized spacial score (nSPS) is 16.8. The summed E-state index contributed by atoms with van der Waals surface area (Å²) < 4.78 is 33.7. The molecule has 1 fully saturated rings. The number of sulfonamides is 1. The second-order valence-electron chi connectivity index (χ2n) is 6.19. The van der Waals surface area contributed by atoms with Crippen molar-refractivity contribution < 1.29 is 12.9 Å². The Morgan fingerprint density at radius 3 is 2.67 bits per heavy atom. The maximum Gasteiger partial charge on any atom is 0.252 e. The molecule has 1 saturated heterocycles. The predicted octanol–water partition coefficient (Wildman–Crippen LogP) is 3.44. The lowest BCUT2D eigenvalue weighted by Crippen LogP contribution is -2.48. The summed E-state index contributed by atoms with van der Waals surface area (Å²) >= 11 is 6.28. The number of aryl methyl sites for hydroxylation is 1. The minimum absolute atomic E-state index is 0.414. The van der Waals surface area contributed by atoms with Gasteiger partial charge in [0.25, 0.3) is 10.0 Å². The van der Waals surface area contributed by atoms with E-state index < -0.39 is 10.0 Å². The largest absolute Gasteiger partial charge is 0.338 e. The molecule has 1 aliphatic rings. The van der Waals surface area contributed by atoms with Crippen molar-refractivity contribution in [2.45, 2.75) is 17.7 Å². The minimum atomic E-state index is -3.40. The maximum absolute atomic E-state index is 12.7. The van der Waals surface area contributed by atoms with Crippen LogP contribution in [0.2, 0.25) is 0 Å². The summed E-state index contributed by atoms with van der Waals surface area (Å²) in [5, 5.41) is 6.01. The van der Waals surface area contributed by atoms with Crippen LogP contribution in [0.25, 0.3) is 10.7 Å². The van der Waals surface area contributed by atoms with E-state index >= 15 is 0 Å². The van der Waals surface area contributed by atoms with Gasteiger partial charge in [-0.1, -0.05) is 5.16 Å². The average molecular weight is 489 g/mol. The molecule has 4 rings (SSSR count). The molecule has 0 bridgehead atoms. The van der Waals surface area contributed by atoms with Gasteiger partial charge < -0.3 is 4.52 Å². The molecule has 1 aliphatic heterocycles. The van der Waals surface area contributed by atoms with Gasteiger partial charge in [-0.2, -0.15) is 9.29 Å². The summed E-state index contributed by atoms with van der Waals surface area (Å²) in [5.41, 5.74) is 0. The van der Waals surface area contributed by atoms with E-state index in [1.807, 2.05) is 24.4 Å². The van der Waals surface area contributed by atoms with E-state index in [0.29, 0.717) is 48.6 Å². The molecular weight excluding hydrogens is 472 g/mol. The van der Waals surface area contributed by atoms with Crippen molar-refractivity contribution in [3.63, 3.8) is 0 Å². The van der Waals surface area contributed by atoms with Crippen molar-refractivity contribution in [3.8, 4) is 10.7 Å². The van der Waals surface area contributed by atoms with Gasteiger partial charge in [-0.25, -0.2) is 8.42 Å². The first-order valence-corrected chi connectivity index (χ1v) is 12.2. The van der Waals surface area contributed by atoms with Crippen LogP contribution in [-0.4, -0.2) is 53.9 Å². The van der Waals surface area contributed by atoms with E-state index in [4.69, 9.17) is 4.52 Å². The van der Waals surface area contributed by atoms with Crippen molar-refractivity contribution in [1.29, 1.82) is 0 Å². The molecule has 0 N–H and O–H groups in total. The van der Waals surface area contributed by atoms with Gasteiger partial charge in [0, 0.05) is 40.9 Å². The maximum atomic E-state index is 12.7. The highest BCUT2D eigenvalue weighted by atomic mass is 79.9. The Morgan fingerprint density at radius 2 is 2.04 bits per heavy atom. The lowest BCUT2D eigenvalue weighted by molar-refractivity contribution is 0.163. The SMILES string of the molecule is Cc1ccc(S(=O)(=O)N2CCN(Cc3nc(-c4cc(Br)cs4)no3)CC2)s1. The summed E-state index contributed by atoms with van der Waals surface area (Å²) in [7, 11) is -3.40. The lowest BCUT2D eigenvalue weighted by atomic mass is 10.3. The van der Waals surface area contributed by atoms with E-state index in [0.717, 1.165) is 14.2 Å². The molecule has 144 valence electrons. The summed E-state index contributed by atoms with van der Waals surface area (Å²) in [4.78, 5) is 8.52. The van der Waals surface area contributed by atoms with Gasteiger partial charge in [0.05, 0.1) is 11.4 Å². The highest BCUT2D eigenvalue weighted by molar-refractivity contribution is 9.10. The van der Waals surface area contributed by atoms with Crippen LogP contribution in [0.3, 0.4) is 0 Å². The third kappa shape index (κ3) is 4.17. The Kier molecular flexibility index (Phi) is 5.50. The molecule has 0 aliphatic carbocycles. The fourth-order valence-corrected chi connectivity index (χ4v) is 7.06. The number of hydrogen-bond donors (Lipinski definition) is 0. The molecule has 0 unspecified atom stereocenters. The van der Waals surface area contributed by atoms with Gasteiger partial charge in [0.2, 0.25) is 11.7 Å². The fraction of sp³-hybridized carbons (Fsp3) is 0.375. The molecule has 27 heavy (non-hydrogen) atoms. The molecule has 0 spiro atoms. The number of hydrogen-bond acceptors (Lipinski definition) is 8. The van der Waals surface area contributed by atoms with Crippen molar-refractivity contribution in [2.75, 3.05) is 26.2 Å². The van der Waals surface area contributed by atoms with Crippen LogP contribution in [0, 0.1) is 6.92 Å². The third-order valence-electron chi connectivity index (χ3n) is 4.26. The molecule has 0 atom stereocenters. The van der Waals surface area contributed by atoms with E-state index in [2.05, 4.69) is 31.0 Å². The topological polar surface area (TPSA) is 79.5 Å². The van der Waals surface area contributed by atoms with Crippen molar-refractivity contribution >= 4 is 48.6 Å². The first kappa shape index (κ1) is 19.2. The zero-order chi connectivity index (χ0) is 19.0. The molecule has 0 radical (unpaired) electrons.